The minimum absolute atomic E-state index is 0.00986. The second kappa shape index (κ2) is 8.78. The first-order chi connectivity index (χ1) is 14.8. The topological polar surface area (TPSA) is 62.5 Å². The molecule has 3 aromatic rings. The van der Waals surface area contributed by atoms with E-state index < -0.39 is 0 Å². The third-order valence-electron chi connectivity index (χ3n) is 6.19. The average molecular weight is 423 g/mol. The van der Waals surface area contributed by atoms with Crippen LogP contribution in [0.25, 0.3) is 11.0 Å². The highest BCUT2D eigenvalue weighted by Crippen LogP contribution is 2.32. The van der Waals surface area contributed by atoms with Crippen LogP contribution in [0.4, 0.5) is 0 Å². The van der Waals surface area contributed by atoms with Gasteiger partial charge in [0.25, 0.3) is 5.91 Å². The second-order valence-electron chi connectivity index (χ2n) is 7.99. The number of carbonyl (C=O) groups excluding carboxylic acids is 1. The molecule has 1 aromatic carbocycles. The number of rotatable bonds is 5. The summed E-state index contributed by atoms with van der Waals surface area (Å²) in [5.74, 6) is 1.08. The zero-order chi connectivity index (χ0) is 20.3. The molecular formula is C23H26N4O2S. The zero-order valence-electron chi connectivity index (χ0n) is 17.0. The predicted octanol–water partition coefficient (Wildman–Crippen LogP) is 4.22. The Morgan fingerprint density at radius 3 is 2.53 bits per heavy atom. The number of amides is 1. The fourth-order valence-electron chi connectivity index (χ4n) is 4.60. The minimum atomic E-state index is 0.00986. The quantitative estimate of drug-likeness (QED) is 0.453. The Kier molecular flexibility index (Phi) is 5.73. The Bertz CT molecular complexity index is 1010. The van der Waals surface area contributed by atoms with E-state index in [1.807, 2.05) is 29.2 Å². The highest BCUT2D eigenvalue weighted by molar-refractivity contribution is 7.98. The Morgan fingerprint density at radius 2 is 1.77 bits per heavy atom. The molecule has 0 saturated carbocycles. The molecule has 0 atom stereocenters. The van der Waals surface area contributed by atoms with Crippen LogP contribution in [0, 0.1) is 0 Å². The van der Waals surface area contributed by atoms with E-state index in [0.717, 1.165) is 42.5 Å². The number of para-hydroxylation sites is 1. The van der Waals surface area contributed by atoms with E-state index in [1.54, 1.807) is 18.5 Å². The number of likely N-dealkylation sites (tertiary alicyclic amines) is 2. The molecule has 156 valence electrons. The van der Waals surface area contributed by atoms with Crippen molar-refractivity contribution in [1.29, 1.82) is 0 Å². The van der Waals surface area contributed by atoms with Crippen molar-refractivity contribution < 1.29 is 9.21 Å². The fraction of sp³-hybridized carbons (Fsp3) is 0.435. The van der Waals surface area contributed by atoms with Gasteiger partial charge in [0.15, 0.2) is 10.9 Å². The van der Waals surface area contributed by atoms with Gasteiger partial charge >= 0.3 is 0 Å². The summed E-state index contributed by atoms with van der Waals surface area (Å²) in [7, 11) is 0. The Labute approximate surface area is 180 Å². The van der Waals surface area contributed by atoms with Crippen molar-refractivity contribution in [1.82, 2.24) is 19.8 Å². The molecule has 0 spiro atoms. The summed E-state index contributed by atoms with van der Waals surface area (Å²) < 4.78 is 6.07. The van der Waals surface area contributed by atoms with Gasteiger partial charge in [-0.3, -0.25) is 4.79 Å². The molecule has 6 nitrogen and oxygen atoms in total. The molecule has 0 unspecified atom stereocenters. The van der Waals surface area contributed by atoms with Crippen molar-refractivity contribution in [3.63, 3.8) is 0 Å². The van der Waals surface area contributed by atoms with Gasteiger partial charge in [-0.2, -0.15) is 0 Å². The van der Waals surface area contributed by atoms with Crippen LogP contribution in [-0.4, -0.2) is 57.9 Å². The van der Waals surface area contributed by atoms with E-state index in [0.29, 0.717) is 22.7 Å². The lowest BCUT2D eigenvalue weighted by Crippen LogP contribution is -2.46. The number of carbonyl (C=O) groups is 1. The van der Waals surface area contributed by atoms with Crippen LogP contribution in [0.1, 0.15) is 41.8 Å². The number of hydrogen-bond donors (Lipinski definition) is 0. The van der Waals surface area contributed by atoms with Crippen molar-refractivity contribution in [3.8, 4) is 0 Å². The van der Waals surface area contributed by atoms with Gasteiger partial charge in [-0.25, -0.2) is 9.97 Å². The summed E-state index contributed by atoms with van der Waals surface area (Å²) in [6.45, 7) is 4.02. The Hall–Kier alpha value is -2.38. The molecule has 2 fully saturated rings. The molecular weight excluding hydrogens is 396 g/mol. The molecule has 2 aliphatic heterocycles. The number of thioether (sulfide) groups is 1. The van der Waals surface area contributed by atoms with E-state index in [4.69, 9.17) is 4.42 Å². The van der Waals surface area contributed by atoms with Crippen LogP contribution in [0.15, 0.2) is 52.3 Å². The minimum Gasteiger partial charge on any atom is -0.451 e. The van der Waals surface area contributed by atoms with Crippen molar-refractivity contribution in [2.24, 2.45) is 0 Å². The molecule has 2 aromatic heterocycles. The summed E-state index contributed by atoms with van der Waals surface area (Å²) in [6.07, 6.45) is 8.19. The van der Waals surface area contributed by atoms with Crippen LogP contribution < -0.4 is 0 Å². The fourth-order valence-corrected chi connectivity index (χ4v) is 5.43. The lowest BCUT2D eigenvalue weighted by atomic mass is 10.0. The largest absolute Gasteiger partial charge is 0.451 e. The van der Waals surface area contributed by atoms with Crippen molar-refractivity contribution in [2.75, 3.05) is 26.2 Å². The third kappa shape index (κ3) is 3.96. The molecule has 4 heterocycles. The smallest absolute Gasteiger partial charge is 0.289 e. The van der Waals surface area contributed by atoms with Gasteiger partial charge in [0.05, 0.1) is 0 Å². The maximum Gasteiger partial charge on any atom is 0.289 e. The normalized spacial score (nSPS) is 18.3. The van der Waals surface area contributed by atoms with E-state index in [9.17, 15) is 4.79 Å². The molecule has 7 heteroatoms. The Morgan fingerprint density at radius 1 is 1.03 bits per heavy atom. The summed E-state index contributed by atoms with van der Waals surface area (Å²) in [5, 5.41) is 1.70. The van der Waals surface area contributed by atoms with Crippen LogP contribution in [0.5, 0.6) is 0 Å². The first-order valence-electron chi connectivity index (χ1n) is 10.7. The van der Waals surface area contributed by atoms with E-state index >= 15 is 0 Å². The molecule has 1 amide bonds. The molecule has 0 N–H and O–H groups in total. The van der Waals surface area contributed by atoms with Gasteiger partial charge in [-0.05, 0) is 50.9 Å². The highest BCUT2D eigenvalue weighted by Gasteiger charge is 2.31. The van der Waals surface area contributed by atoms with Crippen LogP contribution in [0.3, 0.4) is 0 Å². The molecule has 5 rings (SSSR count). The second-order valence-corrected chi connectivity index (χ2v) is 8.93. The maximum absolute atomic E-state index is 13.4. The molecule has 0 aliphatic carbocycles. The molecule has 0 radical (unpaired) electrons. The molecule has 0 bridgehead atoms. The van der Waals surface area contributed by atoms with Gasteiger partial charge < -0.3 is 14.2 Å². The summed E-state index contributed by atoms with van der Waals surface area (Å²) >= 11 is 1.53. The number of fused-ring (bicyclic) bond motifs is 1. The van der Waals surface area contributed by atoms with Gasteiger partial charge in [-0.15, -0.1) is 0 Å². The summed E-state index contributed by atoms with van der Waals surface area (Å²) in [6, 6.07) is 10.3. The lowest BCUT2D eigenvalue weighted by Gasteiger charge is -2.36. The number of piperidine rings is 1. The summed E-state index contributed by atoms with van der Waals surface area (Å²) in [5.41, 5.74) is 1.70. The predicted molar refractivity (Wildman–Crippen MR) is 118 cm³/mol. The molecule has 2 saturated heterocycles. The van der Waals surface area contributed by atoms with E-state index in [1.165, 1.54) is 37.7 Å². The van der Waals surface area contributed by atoms with Crippen LogP contribution >= 0.6 is 11.8 Å². The number of hydrogen-bond acceptors (Lipinski definition) is 6. The van der Waals surface area contributed by atoms with E-state index in [2.05, 4.69) is 14.9 Å². The number of nitrogens with zero attached hydrogens (tertiary/aromatic N) is 4. The lowest BCUT2D eigenvalue weighted by molar-refractivity contribution is 0.0615. The van der Waals surface area contributed by atoms with Crippen LogP contribution in [-0.2, 0) is 5.75 Å². The first-order valence-corrected chi connectivity index (χ1v) is 11.7. The van der Waals surface area contributed by atoms with Gasteiger partial charge in [-0.1, -0.05) is 30.0 Å². The monoisotopic (exact) mass is 422 g/mol. The average Bonchev–Trinajstić information content (AvgIpc) is 3.46. The SMILES string of the molecule is O=C(c1oc2ccccc2c1CSc1ncccn1)N1CCC(N2CCCC2)CC1. The zero-order valence-corrected chi connectivity index (χ0v) is 17.8. The van der Waals surface area contributed by atoms with Crippen LogP contribution in [0.2, 0.25) is 0 Å². The maximum atomic E-state index is 13.4. The third-order valence-corrected chi connectivity index (χ3v) is 7.09. The van der Waals surface area contributed by atoms with Crippen molar-refractivity contribution >= 4 is 28.6 Å². The molecule has 30 heavy (non-hydrogen) atoms. The number of furan rings is 1. The van der Waals surface area contributed by atoms with Crippen molar-refractivity contribution in [3.05, 3.63) is 54.0 Å². The van der Waals surface area contributed by atoms with Gasteiger partial charge in [0.2, 0.25) is 0 Å². The first kappa shape index (κ1) is 19.6. The summed E-state index contributed by atoms with van der Waals surface area (Å²) in [4.78, 5) is 26.6. The Balaban J connectivity index is 1.34. The number of benzene rings is 1. The highest BCUT2D eigenvalue weighted by atomic mass is 32.2. The van der Waals surface area contributed by atoms with Crippen molar-refractivity contribution in [2.45, 2.75) is 42.6 Å². The molecule has 2 aliphatic rings. The van der Waals surface area contributed by atoms with Gasteiger partial charge in [0, 0.05) is 48.2 Å². The standard InChI is InChI=1S/C23H26N4O2S/c28-22(27-14-8-17(9-15-27)26-12-3-4-13-26)21-19(16-30-23-24-10-5-11-25-23)18-6-1-2-7-20(18)29-21/h1-2,5-7,10-11,17H,3-4,8-9,12-16H2. The number of aromatic nitrogens is 2. The van der Waals surface area contributed by atoms with Gasteiger partial charge in [0.1, 0.15) is 5.58 Å². The van der Waals surface area contributed by atoms with E-state index in [-0.39, 0.29) is 5.91 Å².